The predicted molar refractivity (Wildman–Crippen MR) is 75.6 cm³/mol. The number of aryl methyl sites for hydroxylation is 2. The summed E-state index contributed by atoms with van der Waals surface area (Å²) in [4.78, 5) is 0. The molecule has 0 aliphatic heterocycles. The second-order valence-corrected chi connectivity index (χ2v) is 6.05. The van der Waals surface area contributed by atoms with E-state index in [1.807, 2.05) is 0 Å². The van der Waals surface area contributed by atoms with Gasteiger partial charge < -0.3 is 4.57 Å². The van der Waals surface area contributed by atoms with Gasteiger partial charge in [-0.05, 0) is 30.9 Å². The topological polar surface area (TPSA) is 59.3 Å². The molecule has 1 aromatic rings. The Kier molecular flexibility index (Phi) is 8.65. The Bertz CT molecular complexity index is 473. The number of hydrogen-bond donors (Lipinski definition) is 1. The Hall–Kier alpha value is -1.02. The van der Waals surface area contributed by atoms with Gasteiger partial charge in [-0.2, -0.15) is 21.6 Å². The SMILES string of the molecule is CCCCc1ccn(CCCC)c1.O=S(=O)(O)C(F)(F)F. The van der Waals surface area contributed by atoms with E-state index >= 15 is 0 Å². The van der Waals surface area contributed by atoms with Crippen molar-refractivity contribution in [3.63, 3.8) is 0 Å². The highest BCUT2D eigenvalue weighted by atomic mass is 32.2. The third-order valence-electron chi connectivity index (χ3n) is 2.69. The van der Waals surface area contributed by atoms with Crippen molar-refractivity contribution in [2.45, 2.75) is 58.0 Å². The molecule has 0 bridgehead atoms. The molecule has 0 saturated heterocycles. The highest BCUT2D eigenvalue weighted by Crippen LogP contribution is 2.20. The lowest BCUT2D eigenvalue weighted by molar-refractivity contribution is -0.0510. The van der Waals surface area contributed by atoms with Crippen LogP contribution in [0.2, 0.25) is 0 Å². The number of alkyl halides is 3. The van der Waals surface area contributed by atoms with Crippen LogP contribution < -0.4 is 0 Å². The number of unbranched alkanes of at least 4 members (excludes halogenated alkanes) is 2. The van der Waals surface area contributed by atoms with Crippen LogP contribution in [0, 0.1) is 0 Å². The van der Waals surface area contributed by atoms with Crippen LogP contribution in [0.5, 0.6) is 0 Å². The van der Waals surface area contributed by atoms with E-state index in [1.54, 1.807) is 0 Å². The zero-order chi connectivity index (χ0) is 16.5. The fraction of sp³-hybridized carbons (Fsp3) is 0.692. The maximum atomic E-state index is 10.7. The number of hydrogen-bond acceptors (Lipinski definition) is 2. The summed E-state index contributed by atoms with van der Waals surface area (Å²) in [6, 6.07) is 2.26. The van der Waals surface area contributed by atoms with Gasteiger partial charge in [0.05, 0.1) is 0 Å². The van der Waals surface area contributed by atoms with E-state index in [9.17, 15) is 13.2 Å². The molecule has 0 unspecified atom stereocenters. The molecule has 21 heavy (non-hydrogen) atoms. The Balaban J connectivity index is 0.000000433. The number of halogens is 3. The van der Waals surface area contributed by atoms with E-state index in [0.717, 1.165) is 0 Å². The van der Waals surface area contributed by atoms with Gasteiger partial charge in [-0.3, -0.25) is 4.55 Å². The van der Waals surface area contributed by atoms with Gasteiger partial charge in [0.2, 0.25) is 0 Å². The Morgan fingerprint density at radius 2 is 1.71 bits per heavy atom. The maximum absolute atomic E-state index is 10.7. The van der Waals surface area contributed by atoms with Gasteiger partial charge >= 0.3 is 15.6 Å². The van der Waals surface area contributed by atoms with Crippen molar-refractivity contribution in [1.29, 1.82) is 0 Å². The van der Waals surface area contributed by atoms with Gasteiger partial charge in [-0.25, -0.2) is 0 Å². The van der Waals surface area contributed by atoms with E-state index in [0.29, 0.717) is 0 Å². The van der Waals surface area contributed by atoms with Crippen LogP contribution in [0.4, 0.5) is 13.2 Å². The normalized spacial score (nSPS) is 11.9. The molecule has 0 saturated carbocycles. The summed E-state index contributed by atoms with van der Waals surface area (Å²) in [6.45, 7) is 5.66. The first-order valence-corrected chi connectivity index (χ1v) is 8.24. The van der Waals surface area contributed by atoms with Crippen molar-refractivity contribution in [2.24, 2.45) is 0 Å². The first-order valence-electron chi connectivity index (χ1n) is 6.80. The molecule has 1 aromatic heterocycles. The van der Waals surface area contributed by atoms with Crippen LogP contribution in [0.25, 0.3) is 0 Å². The Labute approximate surface area is 123 Å². The highest BCUT2D eigenvalue weighted by Gasteiger charge is 2.44. The van der Waals surface area contributed by atoms with E-state index in [4.69, 9.17) is 13.0 Å². The van der Waals surface area contributed by atoms with Crippen LogP contribution in [0.15, 0.2) is 18.5 Å². The first kappa shape index (κ1) is 20.0. The molecule has 1 N–H and O–H groups in total. The van der Waals surface area contributed by atoms with Crippen molar-refractivity contribution in [3.05, 3.63) is 24.0 Å². The molecular weight excluding hydrogens is 307 g/mol. The largest absolute Gasteiger partial charge is 0.522 e. The molecule has 0 aromatic carbocycles. The predicted octanol–water partition coefficient (Wildman–Crippen LogP) is 4.02. The summed E-state index contributed by atoms with van der Waals surface area (Å²) < 4.78 is 59.9. The van der Waals surface area contributed by atoms with E-state index < -0.39 is 15.6 Å². The molecule has 4 nitrogen and oxygen atoms in total. The molecule has 1 rings (SSSR count). The van der Waals surface area contributed by atoms with Crippen LogP contribution in [0.1, 0.15) is 45.1 Å². The summed E-state index contributed by atoms with van der Waals surface area (Å²) >= 11 is 0. The fourth-order valence-corrected chi connectivity index (χ4v) is 1.50. The molecule has 124 valence electrons. The van der Waals surface area contributed by atoms with E-state index in [1.165, 1.54) is 44.2 Å². The molecule has 0 aliphatic carbocycles. The van der Waals surface area contributed by atoms with Crippen molar-refractivity contribution in [2.75, 3.05) is 0 Å². The maximum Gasteiger partial charge on any atom is 0.522 e. The van der Waals surface area contributed by atoms with E-state index in [-0.39, 0.29) is 0 Å². The second kappa shape index (κ2) is 9.09. The lowest BCUT2D eigenvalue weighted by Gasteiger charge is -1.99. The highest BCUT2D eigenvalue weighted by molar-refractivity contribution is 7.86. The Morgan fingerprint density at radius 3 is 2.14 bits per heavy atom. The fourth-order valence-electron chi connectivity index (χ4n) is 1.50. The third kappa shape index (κ3) is 8.77. The smallest absolute Gasteiger partial charge is 0.354 e. The van der Waals surface area contributed by atoms with Gasteiger partial charge in [-0.15, -0.1) is 0 Å². The molecule has 0 spiro atoms. The second-order valence-electron chi connectivity index (χ2n) is 4.64. The number of aromatic nitrogens is 1. The van der Waals surface area contributed by atoms with Crippen LogP contribution in [-0.2, 0) is 23.1 Å². The summed E-state index contributed by atoms with van der Waals surface area (Å²) in [5.41, 5.74) is -4.04. The summed E-state index contributed by atoms with van der Waals surface area (Å²) in [7, 11) is -5.84. The molecule has 0 atom stereocenters. The summed E-state index contributed by atoms with van der Waals surface area (Å²) in [5.74, 6) is 0. The number of rotatable bonds is 6. The molecule has 1 heterocycles. The van der Waals surface area contributed by atoms with Gasteiger partial charge in [0.1, 0.15) is 0 Å². The molecule has 0 fully saturated rings. The van der Waals surface area contributed by atoms with Crippen molar-refractivity contribution in [1.82, 2.24) is 4.57 Å². The number of nitrogens with zero attached hydrogens (tertiary/aromatic N) is 1. The molecule has 0 amide bonds. The van der Waals surface area contributed by atoms with Crippen LogP contribution >= 0.6 is 0 Å². The van der Waals surface area contributed by atoms with Gasteiger partial charge in [0, 0.05) is 18.9 Å². The Morgan fingerprint density at radius 1 is 1.19 bits per heavy atom. The van der Waals surface area contributed by atoms with Crippen molar-refractivity contribution >= 4 is 10.1 Å². The van der Waals surface area contributed by atoms with Crippen LogP contribution in [-0.4, -0.2) is 23.0 Å². The lowest BCUT2D eigenvalue weighted by Crippen LogP contribution is -2.21. The zero-order valence-electron chi connectivity index (χ0n) is 12.2. The summed E-state index contributed by atoms with van der Waals surface area (Å²) in [5, 5.41) is 0. The summed E-state index contributed by atoms with van der Waals surface area (Å²) in [6.07, 6.45) is 10.9. The average molecular weight is 329 g/mol. The molecule has 0 radical (unpaired) electrons. The molecular formula is C13H22F3NO3S. The van der Waals surface area contributed by atoms with Crippen LogP contribution in [0.3, 0.4) is 0 Å². The van der Waals surface area contributed by atoms with Gasteiger partial charge in [0.25, 0.3) is 0 Å². The van der Waals surface area contributed by atoms with Crippen molar-refractivity contribution in [3.8, 4) is 0 Å². The molecule has 8 heteroatoms. The quantitative estimate of drug-likeness (QED) is 0.633. The average Bonchev–Trinajstić information content (AvgIpc) is 2.80. The monoisotopic (exact) mass is 329 g/mol. The third-order valence-corrected chi connectivity index (χ3v) is 3.28. The van der Waals surface area contributed by atoms with Gasteiger partial charge in [0.15, 0.2) is 0 Å². The standard InChI is InChI=1S/C12H21N.CHF3O3S/c1-3-5-7-12-8-10-13(11-12)9-6-4-2;2-1(3,4)8(5,6)7/h8,10-11H,3-7,9H2,1-2H3;(H,5,6,7). The zero-order valence-corrected chi connectivity index (χ0v) is 13.0. The minimum absolute atomic E-state index is 1.18. The lowest BCUT2D eigenvalue weighted by atomic mass is 10.2. The van der Waals surface area contributed by atoms with Gasteiger partial charge in [-0.1, -0.05) is 26.7 Å². The van der Waals surface area contributed by atoms with E-state index in [2.05, 4.69) is 36.9 Å². The first-order chi connectivity index (χ1) is 9.61. The minimum Gasteiger partial charge on any atom is -0.354 e. The van der Waals surface area contributed by atoms with Crippen molar-refractivity contribution < 1.29 is 26.1 Å². The minimum atomic E-state index is -5.84. The molecule has 0 aliphatic rings.